The Balaban J connectivity index is 1.55. The highest BCUT2D eigenvalue weighted by atomic mass is 35.5. The van der Waals surface area contributed by atoms with Crippen molar-refractivity contribution in [3.8, 4) is 0 Å². The van der Waals surface area contributed by atoms with E-state index in [2.05, 4.69) is 0 Å². The third kappa shape index (κ3) is 5.53. The summed E-state index contributed by atoms with van der Waals surface area (Å²) < 4.78 is 21.3. The molecule has 0 amide bonds. The molecule has 0 saturated carbocycles. The van der Waals surface area contributed by atoms with Crippen LogP contribution in [0.2, 0.25) is 5.02 Å². The fourth-order valence-electron chi connectivity index (χ4n) is 3.43. The quantitative estimate of drug-likeness (QED) is 0.225. The third-order valence-corrected chi connectivity index (χ3v) is 5.69. The highest BCUT2D eigenvalue weighted by Crippen LogP contribution is 2.27. The third-order valence-electron chi connectivity index (χ3n) is 5.33. The lowest BCUT2D eigenvalue weighted by molar-refractivity contribution is -0.329. The summed E-state index contributed by atoms with van der Waals surface area (Å²) in [5.41, 5.74) is 0.617. The van der Waals surface area contributed by atoms with Crippen LogP contribution in [0.5, 0.6) is 0 Å². The molecule has 2 aliphatic heterocycles. The van der Waals surface area contributed by atoms with E-state index in [4.69, 9.17) is 30.5 Å². The molecule has 0 radical (unpaired) electrons. The summed E-state index contributed by atoms with van der Waals surface area (Å²) in [6.07, 6.45) is -14.6. The first kappa shape index (κ1) is 24.7. The molecule has 3 rings (SSSR count). The first-order chi connectivity index (χ1) is 14.7. The molecular formula is C19H27ClO11. The number of ether oxygens (including phenoxy) is 4. The molecule has 2 saturated heterocycles. The fraction of sp³-hybridized carbons (Fsp3) is 0.684. The predicted molar refractivity (Wildman–Crippen MR) is 103 cm³/mol. The van der Waals surface area contributed by atoms with Crippen LogP contribution in [-0.4, -0.2) is 110 Å². The minimum Gasteiger partial charge on any atom is -0.394 e. The number of aliphatic hydroxyl groups excluding tert-OH is 7. The topological polar surface area (TPSA) is 179 Å². The molecule has 0 aromatic heterocycles. The molecule has 1 aromatic rings. The number of benzene rings is 1. The van der Waals surface area contributed by atoms with Crippen molar-refractivity contribution in [3.05, 3.63) is 34.9 Å². The lowest BCUT2D eigenvalue weighted by atomic mass is 9.98. The standard InChI is InChI=1S/C19H27ClO11/c20-9-4-2-1-3-8(9)6-28-17-15(25)13(23)11(30-18(17)27)7-29-19-16(26)14(24)12(22)10(5-21)31-19/h1-4,10-19,21-27H,5-7H2/t10-,11-,12-,13-,14+,15+,16-,17-,18-,19-/m1/s1. The summed E-state index contributed by atoms with van der Waals surface area (Å²) in [6.45, 7) is -1.12. The molecule has 2 heterocycles. The van der Waals surface area contributed by atoms with Crippen LogP contribution in [0.15, 0.2) is 24.3 Å². The Bertz CT molecular complexity index is 707. The van der Waals surface area contributed by atoms with Crippen LogP contribution in [0.25, 0.3) is 0 Å². The van der Waals surface area contributed by atoms with Gasteiger partial charge in [0.15, 0.2) is 12.6 Å². The Hall–Kier alpha value is -0.930. The molecule has 0 bridgehead atoms. The zero-order chi connectivity index (χ0) is 22.7. The molecular weight excluding hydrogens is 440 g/mol. The van der Waals surface area contributed by atoms with Gasteiger partial charge in [-0.1, -0.05) is 29.8 Å². The van der Waals surface area contributed by atoms with Gasteiger partial charge in [-0.3, -0.25) is 0 Å². The molecule has 1 aromatic carbocycles. The van der Waals surface area contributed by atoms with E-state index in [0.717, 1.165) is 0 Å². The predicted octanol–water partition coefficient (Wildman–Crippen LogP) is -2.52. The summed E-state index contributed by atoms with van der Waals surface area (Å²) in [6, 6.07) is 6.85. The zero-order valence-electron chi connectivity index (χ0n) is 16.3. The van der Waals surface area contributed by atoms with Crippen molar-refractivity contribution in [1.82, 2.24) is 0 Å². The van der Waals surface area contributed by atoms with Gasteiger partial charge in [-0.05, 0) is 11.6 Å². The van der Waals surface area contributed by atoms with Crippen molar-refractivity contribution in [1.29, 1.82) is 0 Å². The van der Waals surface area contributed by atoms with Crippen LogP contribution in [0.4, 0.5) is 0 Å². The van der Waals surface area contributed by atoms with Gasteiger partial charge >= 0.3 is 0 Å². The van der Waals surface area contributed by atoms with Crippen LogP contribution >= 0.6 is 11.6 Å². The first-order valence-electron chi connectivity index (χ1n) is 9.71. The molecule has 11 nitrogen and oxygen atoms in total. The van der Waals surface area contributed by atoms with Gasteiger partial charge in [-0.2, -0.15) is 0 Å². The fourth-order valence-corrected chi connectivity index (χ4v) is 3.63. The van der Waals surface area contributed by atoms with Crippen molar-refractivity contribution in [2.75, 3.05) is 13.2 Å². The van der Waals surface area contributed by atoms with E-state index in [9.17, 15) is 35.7 Å². The molecule has 0 spiro atoms. The van der Waals surface area contributed by atoms with E-state index in [1.807, 2.05) is 0 Å². The number of hydrogen-bond donors (Lipinski definition) is 7. The average Bonchev–Trinajstić information content (AvgIpc) is 2.76. The second-order valence-corrected chi connectivity index (χ2v) is 7.85. The van der Waals surface area contributed by atoms with Crippen LogP contribution in [0.1, 0.15) is 5.56 Å². The summed E-state index contributed by atoms with van der Waals surface area (Å²) in [4.78, 5) is 0. The summed E-state index contributed by atoms with van der Waals surface area (Å²) in [5, 5.41) is 70.2. The highest BCUT2D eigenvalue weighted by molar-refractivity contribution is 6.31. The van der Waals surface area contributed by atoms with E-state index in [0.29, 0.717) is 10.6 Å². The van der Waals surface area contributed by atoms with Crippen LogP contribution in [0.3, 0.4) is 0 Å². The van der Waals surface area contributed by atoms with Crippen molar-refractivity contribution >= 4 is 11.6 Å². The van der Waals surface area contributed by atoms with E-state index in [-0.39, 0.29) is 6.61 Å². The average molecular weight is 467 g/mol. The van der Waals surface area contributed by atoms with Crippen molar-refractivity contribution < 1.29 is 54.7 Å². The van der Waals surface area contributed by atoms with E-state index in [1.165, 1.54) is 0 Å². The Morgan fingerprint density at radius 3 is 2.16 bits per heavy atom. The molecule has 31 heavy (non-hydrogen) atoms. The van der Waals surface area contributed by atoms with Gasteiger partial charge in [-0.25, -0.2) is 0 Å². The second kappa shape index (κ2) is 10.8. The minimum absolute atomic E-state index is 0.0411. The lowest BCUT2D eigenvalue weighted by Gasteiger charge is -2.42. The molecule has 7 N–H and O–H groups in total. The number of rotatable bonds is 7. The van der Waals surface area contributed by atoms with Gasteiger partial charge in [0.1, 0.15) is 48.8 Å². The second-order valence-electron chi connectivity index (χ2n) is 7.44. The number of aliphatic hydroxyl groups is 7. The molecule has 10 atom stereocenters. The normalized spacial score (nSPS) is 41.3. The van der Waals surface area contributed by atoms with Crippen molar-refractivity contribution in [3.63, 3.8) is 0 Å². The van der Waals surface area contributed by atoms with Gasteiger partial charge in [0, 0.05) is 5.02 Å². The Labute approximate surface area is 182 Å². The zero-order valence-corrected chi connectivity index (χ0v) is 17.1. The minimum atomic E-state index is -1.64. The number of hydrogen-bond acceptors (Lipinski definition) is 11. The van der Waals surface area contributed by atoms with Crippen LogP contribution in [0, 0.1) is 0 Å². The molecule has 0 unspecified atom stereocenters. The van der Waals surface area contributed by atoms with E-state index >= 15 is 0 Å². The van der Waals surface area contributed by atoms with Gasteiger partial charge < -0.3 is 54.7 Å². The van der Waals surface area contributed by atoms with Crippen LogP contribution in [-0.2, 0) is 25.6 Å². The summed E-state index contributed by atoms with van der Waals surface area (Å²) >= 11 is 6.05. The van der Waals surface area contributed by atoms with Gasteiger partial charge in [0.2, 0.25) is 0 Å². The maximum absolute atomic E-state index is 10.4. The SMILES string of the molecule is OC[C@H]1O[C@@H](OC[C@H]2O[C@@H](O)[C@H](OCc3ccccc3Cl)[C@@H](O)[C@@H]2O)[C@H](O)[C@@H](O)[C@@H]1O. The molecule has 176 valence electrons. The first-order valence-corrected chi connectivity index (χ1v) is 10.1. The summed E-state index contributed by atoms with van der Waals surface area (Å²) in [7, 11) is 0. The highest BCUT2D eigenvalue weighted by Gasteiger charge is 2.47. The molecule has 0 aliphatic carbocycles. The molecule has 12 heteroatoms. The van der Waals surface area contributed by atoms with Gasteiger partial charge in [0.05, 0.1) is 19.8 Å². The Kier molecular flexibility index (Phi) is 8.60. The molecule has 2 fully saturated rings. The maximum Gasteiger partial charge on any atom is 0.186 e. The monoisotopic (exact) mass is 466 g/mol. The molecule has 2 aliphatic rings. The van der Waals surface area contributed by atoms with Gasteiger partial charge in [0.25, 0.3) is 0 Å². The van der Waals surface area contributed by atoms with E-state index in [1.54, 1.807) is 24.3 Å². The number of halogens is 1. The Morgan fingerprint density at radius 2 is 1.48 bits per heavy atom. The Morgan fingerprint density at radius 1 is 0.806 bits per heavy atom. The smallest absolute Gasteiger partial charge is 0.186 e. The van der Waals surface area contributed by atoms with Crippen LogP contribution < -0.4 is 0 Å². The summed E-state index contributed by atoms with van der Waals surface area (Å²) in [5.74, 6) is 0. The van der Waals surface area contributed by atoms with Gasteiger partial charge in [-0.15, -0.1) is 0 Å². The largest absolute Gasteiger partial charge is 0.394 e. The lowest BCUT2D eigenvalue weighted by Crippen LogP contribution is -2.61. The van der Waals surface area contributed by atoms with Crippen molar-refractivity contribution in [2.24, 2.45) is 0 Å². The maximum atomic E-state index is 10.4. The van der Waals surface area contributed by atoms with Crippen molar-refractivity contribution in [2.45, 2.75) is 68.0 Å². The van der Waals surface area contributed by atoms with E-state index < -0.39 is 74.6 Å².